The lowest BCUT2D eigenvalue weighted by Crippen LogP contribution is -2.00. The molecule has 2 aromatic heterocycles. The summed E-state index contributed by atoms with van der Waals surface area (Å²) in [4.78, 5) is 15.1. The van der Waals surface area contributed by atoms with E-state index in [0.29, 0.717) is 17.5 Å². The summed E-state index contributed by atoms with van der Waals surface area (Å²) in [7, 11) is 0. The summed E-state index contributed by atoms with van der Waals surface area (Å²) in [6, 6.07) is 71.3. The maximum atomic E-state index is 6.16. The highest BCUT2D eigenvalue weighted by atomic mass is 16.3. The second kappa shape index (κ2) is 13.2. The molecule has 0 unspecified atom stereocenters. The number of fused-ring (bicyclic) bond motifs is 3. The molecule has 0 aliphatic heterocycles. The lowest BCUT2D eigenvalue weighted by Gasteiger charge is -2.17. The van der Waals surface area contributed by atoms with E-state index in [1.54, 1.807) is 0 Å². The summed E-state index contributed by atoms with van der Waals surface area (Å²) in [6.45, 7) is 0. The molecule has 61 heavy (non-hydrogen) atoms. The molecule has 0 aliphatic rings. The van der Waals surface area contributed by atoms with Crippen LogP contribution in [0.25, 0.3) is 132 Å². The number of rotatable bonds is 5. The van der Waals surface area contributed by atoms with Gasteiger partial charge < -0.3 is 4.42 Å². The van der Waals surface area contributed by atoms with Crippen molar-refractivity contribution in [2.45, 2.75) is 0 Å². The van der Waals surface area contributed by atoms with E-state index in [-0.39, 0.29) is 0 Å². The monoisotopic (exact) mass is 775 g/mol. The largest absolute Gasteiger partial charge is 0.456 e. The molecule has 0 spiro atoms. The van der Waals surface area contributed by atoms with Crippen LogP contribution in [0.4, 0.5) is 0 Å². The van der Waals surface area contributed by atoms with Crippen LogP contribution in [0.2, 0.25) is 0 Å². The van der Waals surface area contributed by atoms with Crippen molar-refractivity contribution in [2.75, 3.05) is 0 Å². The molecule has 282 valence electrons. The van der Waals surface area contributed by atoms with Gasteiger partial charge in [0.1, 0.15) is 11.3 Å². The molecule has 0 aliphatic carbocycles. The third kappa shape index (κ3) is 5.36. The third-order valence-electron chi connectivity index (χ3n) is 12.4. The smallest absolute Gasteiger partial charge is 0.164 e. The zero-order valence-electron chi connectivity index (χ0n) is 32.8. The van der Waals surface area contributed by atoms with Crippen molar-refractivity contribution < 1.29 is 4.42 Å². The molecular formula is C57H33N3O. The van der Waals surface area contributed by atoms with Crippen LogP contribution in [0.1, 0.15) is 0 Å². The SMILES string of the molecule is c1ccc(-c2nc(-c3ccc(-c4cc5ccc6cccc7c8cccc9ccc%10cccc(c(c4)c5c67)c%10c98)cc3)nc(-c3ccc(-c4cc5ccccc5o4)cc3)n2)cc1. The molecule has 4 heteroatoms. The minimum absolute atomic E-state index is 0.613. The third-order valence-corrected chi connectivity index (χ3v) is 12.4. The molecule has 0 saturated carbocycles. The highest BCUT2D eigenvalue weighted by molar-refractivity contribution is 6.37. The maximum Gasteiger partial charge on any atom is 0.164 e. The molecule has 13 aromatic rings. The van der Waals surface area contributed by atoms with E-state index in [4.69, 9.17) is 19.4 Å². The number of hydrogen-bond acceptors (Lipinski definition) is 4. The van der Waals surface area contributed by atoms with Crippen LogP contribution in [0.15, 0.2) is 205 Å². The minimum atomic E-state index is 0.613. The normalized spacial score (nSPS) is 11.9. The zero-order chi connectivity index (χ0) is 40.0. The molecule has 0 bridgehead atoms. The van der Waals surface area contributed by atoms with Crippen LogP contribution in [0, 0.1) is 0 Å². The second-order valence-corrected chi connectivity index (χ2v) is 15.9. The Morgan fingerprint density at radius 1 is 0.262 bits per heavy atom. The van der Waals surface area contributed by atoms with Crippen molar-refractivity contribution in [1.29, 1.82) is 0 Å². The fourth-order valence-corrected chi connectivity index (χ4v) is 9.52. The summed E-state index contributed by atoms with van der Waals surface area (Å²) >= 11 is 0. The summed E-state index contributed by atoms with van der Waals surface area (Å²) < 4.78 is 6.16. The van der Waals surface area contributed by atoms with Crippen molar-refractivity contribution >= 4 is 75.6 Å². The van der Waals surface area contributed by atoms with E-state index in [0.717, 1.165) is 50.1 Å². The molecule has 0 atom stereocenters. The van der Waals surface area contributed by atoms with Gasteiger partial charge in [-0.1, -0.05) is 176 Å². The van der Waals surface area contributed by atoms with Crippen LogP contribution >= 0.6 is 0 Å². The van der Waals surface area contributed by atoms with E-state index in [1.165, 1.54) is 64.6 Å². The Bertz CT molecular complexity index is 3810. The molecular weight excluding hydrogens is 743 g/mol. The van der Waals surface area contributed by atoms with Crippen LogP contribution in [0.3, 0.4) is 0 Å². The highest BCUT2D eigenvalue weighted by Gasteiger charge is 2.18. The van der Waals surface area contributed by atoms with Gasteiger partial charge in [0.15, 0.2) is 17.5 Å². The van der Waals surface area contributed by atoms with E-state index in [2.05, 4.69) is 152 Å². The molecule has 0 N–H and O–H groups in total. The molecule has 0 radical (unpaired) electrons. The van der Waals surface area contributed by atoms with E-state index in [9.17, 15) is 0 Å². The Hall–Kier alpha value is -8.21. The molecule has 4 nitrogen and oxygen atoms in total. The quantitative estimate of drug-likeness (QED) is 0.163. The van der Waals surface area contributed by atoms with Gasteiger partial charge in [0, 0.05) is 27.6 Å². The number of furan rings is 1. The fraction of sp³-hybridized carbons (Fsp3) is 0. The van der Waals surface area contributed by atoms with Gasteiger partial charge in [-0.2, -0.15) is 0 Å². The van der Waals surface area contributed by atoms with E-state index >= 15 is 0 Å². The first-order chi connectivity index (χ1) is 30.2. The van der Waals surface area contributed by atoms with Crippen LogP contribution in [0.5, 0.6) is 0 Å². The number of nitrogens with zero attached hydrogens (tertiary/aromatic N) is 3. The molecule has 0 amide bonds. The molecule has 0 fully saturated rings. The first kappa shape index (κ1) is 33.7. The van der Waals surface area contributed by atoms with E-state index < -0.39 is 0 Å². The summed E-state index contributed by atoms with van der Waals surface area (Å²) in [5.41, 5.74) is 6.91. The van der Waals surface area contributed by atoms with Gasteiger partial charge in [0.2, 0.25) is 0 Å². The van der Waals surface area contributed by atoms with Gasteiger partial charge in [-0.25, -0.2) is 15.0 Å². The molecule has 13 rings (SSSR count). The average molecular weight is 776 g/mol. The standard InChI is InChI=1S/C57H33N3O/c1-2-9-39(10-3-1)55-58-56(60-57(59-55)41-28-21-35(22-29-41)50-33-42-11-4-5-18-49(42)61-50)40-26-19-34(20-27-40)44-31-43-30-25-38-13-7-16-46-45-15-6-12-36-23-24-37-14-8-17-47(53(37)51(36)45)48(32-44)54(43)52(38)46/h1-33H. The topological polar surface area (TPSA) is 51.8 Å². The van der Waals surface area contributed by atoms with Gasteiger partial charge in [-0.05, 0) is 100 Å². The summed E-state index contributed by atoms with van der Waals surface area (Å²) in [5.74, 6) is 2.69. The van der Waals surface area contributed by atoms with Crippen molar-refractivity contribution in [3.8, 4) is 56.6 Å². The van der Waals surface area contributed by atoms with Crippen LogP contribution < -0.4 is 0 Å². The van der Waals surface area contributed by atoms with E-state index in [1.807, 2.05) is 48.5 Å². The Kier molecular flexibility index (Phi) is 7.27. The lowest BCUT2D eigenvalue weighted by molar-refractivity contribution is 0.631. The Morgan fingerprint density at radius 3 is 1.28 bits per heavy atom. The lowest BCUT2D eigenvalue weighted by atomic mass is 9.86. The van der Waals surface area contributed by atoms with Gasteiger partial charge >= 0.3 is 0 Å². The molecule has 11 aromatic carbocycles. The van der Waals surface area contributed by atoms with Crippen LogP contribution in [-0.2, 0) is 0 Å². The Balaban J connectivity index is 0.955. The van der Waals surface area contributed by atoms with Crippen molar-refractivity contribution in [3.05, 3.63) is 200 Å². The van der Waals surface area contributed by atoms with Gasteiger partial charge in [-0.15, -0.1) is 0 Å². The minimum Gasteiger partial charge on any atom is -0.456 e. The number of para-hydroxylation sites is 1. The van der Waals surface area contributed by atoms with Crippen molar-refractivity contribution in [2.24, 2.45) is 0 Å². The highest BCUT2D eigenvalue weighted by Crippen LogP contribution is 2.44. The van der Waals surface area contributed by atoms with Gasteiger partial charge in [0.25, 0.3) is 0 Å². The Morgan fingerprint density at radius 2 is 0.705 bits per heavy atom. The van der Waals surface area contributed by atoms with Gasteiger partial charge in [0.05, 0.1) is 0 Å². The van der Waals surface area contributed by atoms with Crippen molar-refractivity contribution in [3.63, 3.8) is 0 Å². The average Bonchev–Trinajstić information content (AvgIpc) is 3.77. The predicted molar refractivity (Wildman–Crippen MR) is 253 cm³/mol. The zero-order valence-corrected chi connectivity index (χ0v) is 32.8. The first-order valence-corrected chi connectivity index (χ1v) is 20.7. The first-order valence-electron chi connectivity index (χ1n) is 20.7. The summed E-state index contributed by atoms with van der Waals surface area (Å²) in [6.07, 6.45) is 0. The maximum absolute atomic E-state index is 6.16. The molecule has 0 saturated heterocycles. The Labute approximate surface area is 350 Å². The fourth-order valence-electron chi connectivity index (χ4n) is 9.52. The number of hydrogen-bond donors (Lipinski definition) is 0. The molecule has 2 heterocycles. The predicted octanol–water partition coefficient (Wildman–Crippen LogP) is 15.3. The summed E-state index contributed by atoms with van der Waals surface area (Å²) in [5, 5.41) is 16.4. The number of benzene rings is 10. The second-order valence-electron chi connectivity index (χ2n) is 15.9. The number of aromatic nitrogens is 3. The van der Waals surface area contributed by atoms with Crippen molar-refractivity contribution in [1.82, 2.24) is 15.0 Å². The van der Waals surface area contributed by atoms with Gasteiger partial charge in [-0.3, -0.25) is 0 Å². The van der Waals surface area contributed by atoms with Crippen LogP contribution in [-0.4, -0.2) is 15.0 Å².